The first-order valence-corrected chi connectivity index (χ1v) is 4.72. The van der Waals surface area contributed by atoms with Gasteiger partial charge in [0.15, 0.2) is 0 Å². The fourth-order valence-electron chi connectivity index (χ4n) is 0.969. The summed E-state index contributed by atoms with van der Waals surface area (Å²) in [6.07, 6.45) is 2.86. The largest absolute Gasteiger partial charge is 0.353 e. The molecule has 0 aromatic rings. The van der Waals surface area contributed by atoms with E-state index in [0.29, 0.717) is 25.6 Å². The van der Waals surface area contributed by atoms with Crippen molar-refractivity contribution >= 4 is 5.91 Å². The zero-order valence-corrected chi connectivity index (χ0v) is 8.02. The first kappa shape index (κ1) is 10.1. The van der Waals surface area contributed by atoms with Crippen LogP contribution in [0, 0.1) is 11.8 Å². The fraction of sp³-hybridized carbons (Fsp3) is 0.700. The predicted molar refractivity (Wildman–Crippen MR) is 52.1 cm³/mol. The Bertz CT molecular complexity index is 223. The zero-order valence-electron chi connectivity index (χ0n) is 8.02. The van der Waals surface area contributed by atoms with Crippen molar-refractivity contribution in [3.63, 3.8) is 0 Å². The maximum Gasteiger partial charge on any atom is 0.221 e. The Morgan fingerprint density at radius 2 is 2.31 bits per heavy atom. The lowest BCUT2D eigenvalue weighted by atomic mass is 10.4. The number of nitrogens with one attached hydrogen (secondary N) is 2. The molecule has 0 atom stereocenters. The molecule has 0 saturated heterocycles. The molecule has 1 saturated carbocycles. The van der Waals surface area contributed by atoms with Crippen LogP contribution in [0.4, 0.5) is 0 Å². The molecule has 1 aliphatic carbocycles. The van der Waals surface area contributed by atoms with E-state index in [4.69, 9.17) is 0 Å². The average molecular weight is 180 g/mol. The van der Waals surface area contributed by atoms with E-state index in [-0.39, 0.29) is 5.91 Å². The van der Waals surface area contributed by atoms with Crippen LogP contribution in [0.3, 0.4) is 0 Å². The summed E-state index contributed by atoms with van der Waals surface area (Å²) < 4.78 is 0. The number of hydrogen-bond donors (Lipinski definition) is 2. The van der Waals surface area contributed by atoms with Crippen molar-refractivity contribution in [1.29, 1.82) is 0 Å². The van der Waals surface area contributed by atoms with Gasteiger partial charge in [-0.25, -0.2) is 0 Å². The van der Waals surface area contributed by atoms with Gasteiger partial charge in [-0.3, -0.25) is 4.79 Å². The van der Waals surface area contributed by atoms with Gasteiger partial charge in [0.05, 0.1) is 6.54 Å². The maximum atomic E-state index is 11.1. The van der Waals surface area contributed by atoms with Crippen molar-refractivity contribution in [2.24, 2.45) is 0 Å². The highest BCUT2D eigenvalue weighted by molar-refractivity contribution is 5.76. The molecule has 0 radical (unpaired) electrons. The molecule has 0 bridgehead atoms. The Labute approximate surface area is 79.3 Å². The van der Waals surface area contributed by atoms with Crippen molar-refractivity contribution in [2.45, 2.75) is 32.2 Å². The van der Waals surface area contributed by atoms with E-state index in [2.05, 4.69) is 22.5 Å². The molecule has 1 aliphatic rings. The Kier molecular flexibility index (Phi) is 4.34. The van der Waals surface area contributed by atoms with Crippen molar-refractivity contribution < 1.29 is 4.79 Å². The molecule has 13 heavy (non-hydrogen) atoms. The molecular formula is C10H16N2O. The molecule has 1 amide bonds. The van der Waals surface area contributed by atoms with E-state index in [1.165, 1.54) is 0 Å². The van der Waals surface area contributed by atoms with E-state index in [1.807, 2.05) is 6.92 Å². The summed E-state index contributed by atoms with van der Waals surface area (Å²) in [7, 11) is 0. The normalized spacial score (nSPS) is 14.5. The van der Waals surface area contributed by atoms with Gasteiger partial charge in [-0.05, 0) is 19.8 Å². The Morgan fingerprint density at radius 1 is 1.54 bits per heavy atom. The standard InChI is InChI=1S/C10H16N2O/c1-2-3-7-11-8-6-10(13)12-9-4-5-9/h9,11H,4-8H2,1H3,(H,12,13). The summed E-state index contributed by atoms with van der Waals surface area (Å²) in [4.78, 5) is 11.1. The zero-order chi connectivity index (χ0) is 9.52. The minimum absolute atomic E-state index is 0.152. The molecule has 2 N–H and O–H groups in total. The molecule has 0 aliphatic heterocycles. The lowest BCUT2D eigenvalue weighted by molar-refractivity contribution is -0.121. The highest BCUT2D eigenvalue weighted by Gasteiger charge is 2.22. The van der Waals surface area contributed by atoms with Crippen LogP contribution in [0.2, 0.25) is 0 Å². The van der Waals surface area contributed by atoms with Gasteiger partial charge in [0.1, 0.15) is 0 Å². The number of amides is 1. The topological polar surface area (TPSA) is 41.1 Å². The molecule has 0 aromatic carbocycles. The summed E-state index contributed by atoms with van der Waals surface area (Å²) in [6, 6.07) is 0.475. The van der Waals surface area contributed by atoms with Gasteiger partial charge in [0.2, 0.25) is 5.91 Å². The van der Waals surface area contributed by atoms with Crippen molar-refractivity contribution in [3.05, 3.63) is 0 Å². The lowest BCUT2D eigenvalue weighted by Crippen LogP contribution is -2.29. The molecule has 3 heteroatoms. The smallest absolute Gasteiger partial charge is 0.221 e. The molecule has 0 spiro atoms. The van der Waals surface area contributed by atoms with Gasteiger partial charge < -0.3 is 10.6 Å². The third kappa shape index (κ3) is 5.26. The lowest BCUT2D eigenvalue weighted by Gasteiger charge is -2.02. The van der Waals surface area contributed by atoms with Crippen LogP contribution in [-0.4, -0.2) is 25.0 Å². The van der Waals surface area contributed by atoms with Crippen LogP contribution in [-0.2, 0) is 4.79 Å². The van der Waals surface area contributed by atoms with Crippen LogP contribution < -0.4 is 10.6 Å². The van der Waals surface area contributed by atoms with Gasteiger partial charge in [-0.2, -0.15) is 0 Å². The molecule has 1 fully saturated rings. The highest BCUT2D eigenvalue weighted by atomic mass is 16.1. The molecule has 0 heterocycles. The van der Waals surface area contributed by atoms with Crippen LogP contribution >= 0.6 is 0 Å². The molecular weight excluding hydrogens is 164 g/mol. The Balaban J connectivity index is 1.90. The second-order valence-corrected chi connectivity index (χ2v) is 3.20. The minimum Gasteiger partial charge on any atom is -0.353 e. The highest BCUT2D eigenvalue weighted by Crippen LogP contribution is 2.18. The van der Waals surface area contributed by atoms with E-state index >= 15 is 0 Å². The number of hydrogen-bond acceptors (Lipinski definition) is 2. The SMILES string of the molecule is CC#CCNCCC(=O)NC1CC1. The summed E-state index contributed by atoms with van der Waals surface area (Å²) >= 11 is 0. The molecule has 0 unspecified atom stereocenters. The van der Waals surface area contributed by atoms with Gasteiger partial charge >= 0.3 is 0 Å². The summed E-state index contributed by atoms with van der Waals surface area (Å²) in [5, 5.41) is 6.01. The van der Waals surface area contributed by atoms with Crippen LogP contribution in [0.25, 0.3) is 0 Å². The fourth-order valence-corrected chi connectivity index (χ4v) is 0.969. The molecule has 0 aromatic heterocycles. The van der Waals surface area contributed by atoms with E-state index in [9.17, 15) is 4.79 Å². The van der Waals surface area contributed by atoms with Crippen molar-refractivity contribution in [2.75, 3.05) is 13.1 Å². The third-order valence-corrected chi connectivity index (χ3v) is 1.86. The number of rotatable bonds is 5. The van der Waals surface area contributed by atoms with Crippen LogP contribution in [0.15, 0.2) is 0 Å². The molecule has 3 nitrogen and oxygen atoms in total. The quantitative estimate of drug-likeness (QED) is 0.471. The molecule has 72 valence electrons. The van der Waals surface area contributed by atoms with E-state index < -0.39 is 0 Å². The van der Waals surface area contributed by atoms with Crippen LogP contribution in [0.1, 0.15) is 26.2 Å². The second kappa shape index (κ2) is 5.60. The predicted octanol–water partition coefficient (Wildman–Crippen LogP) is 0.268. The summed E-state index contributed by atoms with van der Waals surface area (Å²) in [5.41, 5.74) is 0. The first-order chi connectivity index (χ1) is 6.33. The summed E-state index contributed by atoms with van der Waals surface area (Å²) in [6.45, 7) is 3.20. The van der Waals surface area contributed by atoms with E-state index in [0.717, 1.165) is 12.8 Å². The van der Waals surface area contributed by atoms with Gasteiger partial charge in [0, 0.05) is 19.0 Å². The van der Waals surface area contributed by atoms with Crippen molar-refractivity contribution in [3.8, 4) is 11.8 Å². The van der Waals surface area contributed by atoms with Crippen molar-refractivity contribution in [1.82, 2.24) is 10.6 Å². The van der Waals surface area contributed by atoms with Gasteiger partial charge in [-0.15, -0.1) is 5.92 Å². The average Bonchev–Trinajstić information content (AvgIpc) is 2.88. The number of carbonyl (C=O) groups excluding carboxylic acids is 1. The third-order valence-electron chi connectivity index (χ3n) is 1.86. The minimum atomic E-state index is 0.152. The maximum absolute atomic E-state index is 11.1. The summed E-state index contributed by atoms with van der Waals surface area (Å²) in [5.74, 6) is 5.82. The Morgan fingerprint density at radius 3 is 2.92 bits per heavy atom. The van der Waals surface area contributed by atoms with Gasteiger partial charge in [-0.1, -0.05) is 5.92 Å². The molecule has 1 rings (SSSR count). The Hall–Kier alpha value is -1.01. The van der Waals surface area contributed by atoms with E-state index in [1.54, 1.807) is 0 Å². The first-order valence-electron chi connectivity index (χ1n) is 4.72. The van der Waals surface area contributed by atoms with Crippen LogP contribution in [0.5, 0.6) is 0 Å². The second-order valence-electron chi connectivity index (χ2n) is 3.20. The van der Waals surface area contributed by atoms with Gasteiger partial charge in [0.25, 0.3) is 0 Å². The number of carbonyl (C=O) groups is 1. The monoisotopic (exact) mass is 180 g/mol.